The monoisotopic (exact) mass is 293 g/mol. The molecule has 0 radical (unpaired) electrons. The molecule has 1 aliphatic rings. The third-order valence-electron chi connectivity index (χ3n) is 3.29. The number of amides is 1. The molecule has 1 unspecified atom stereocenters. The van der Waals surface area contributed by atoms with E-state index in [9.17, 15) is 14.3 Å². The number of benzene rings is 1. The lowest BCUT2D eigenvalue weighted by atomic mass is 10.1. The maximum absolute atomic E-state index is 12.8. The Labute approximate surface area is 123 Å². The zero-order valence-electron chi connectivity index (χ0n) is 12.3. The number of ether oxygens (including phenoxy) is 1. The van der Waals surface area contributed by atoms with Crippen molar-refractivity contribution in [1.82, 2.24) is 4.90 Å². The molecule has 1 atom stereocenters. The maximum atomic E-state index is 12.8. The van der Waals surface area contributed by atoms with E-state index in [1.165, 1.54) is 18.2 Å². The Morgan fingerprint density at radius 1 is 1.48 bits per heavy atom. The summed E-state index contributed by atoms with van der Waals surface area (Å²) in [5.41, 5.74) is 0.279. The van der Waals surface area contributed by atoms with Crippen LogP contribution in [0, 0.1) is 5.82 Å². The maximum Gasteiger partial charge on any atom is 0.246 e. The molecule has 1 saturated heterocycles. The molecule has 0 spiro atoms. The average Bonchev–Trinajstić information content (AvgIpc) is 2.44. The number of morpholine rings is 1. The van der Waals surface area contributed by atoms with Crippen LogP contribution >= 0.6 is 0 Å². The van der Waals surface area contributed by atoms with Gasteiger partial charge in [-0.25, -0.2) is 4.39 Å². The molecule has 1 amide bonds. The first-order valence-corrected chi connectivity index (χ1v) is 6.91. The smallest absolute Gasteiger partial charge is 0.246 e. The van der Waals surface area contributed by atoms with Crippen LogP contribution in [0.4, 0.5) is 4.39 Å². The van der Waals surface area contributed by atoms with Gasteiger partial charge in [0.1, 0.15) is 5.82 Å². The van der Waals surface area contributed by atoms with Gasteiger partial charge in [-0.05, 0) is 37.6 Å². The van der Waals surface area contributed by atoms with Crippen LogP contribution in [-0.4, -0.2) is 47.3 Å². The summed E-state index contributed by atoms with van der Waals surface area (Å²) in [5.74, 6) is -0.451. The van der Waals surface area contributed by atoms with E-state index in [1.54, 1.807) is 23.1 Å². The predicted octanol–water partition coefficient (Wildman–Crippen LogP) is 1.84. The minimum Gasteiger partial charge on any atom is -0.394 e. The molecule has 1 aromatic rings. The van der Waals surface area contributed by atoms with E-state index >= 15 is 0 Å². The standard InChI is InChI=1S/C16H20FNO3/c1-16(2)11-18(9-14(10-19)21-16)15(20)8-5-12-3-6-13(17)7-4-12/h3-8,14,19H,9-11H2,1-2H3/b8-5+. The highest BCUT2D eigenvalue weighted by atomic mass is 19.1. The van der Waals surface area contributed by atoms with Gasteiger partial charge in [0.25, 0.3) is 0 Å². The molecule has 1 aromatic carbocycles. The molecular formula is C16H20FNO3. The van der Waals surface area contributed by atoms with Gasteiger partial charge in [-0.1, -0.05) is 12.1 Å². The van der Waals surface area contributed by atoms with Gasteiger partial charge in [-0.2, -0.15) is 0 Å². The molecule has 21 heavy (non-hydrogen) atoms. The fourth-order valence-electron chi connectivity index (χ4n) is 2.41. The van der Waals surface area contributed by atoms with Crippen LogP contribution in [0.3, 0.4) is 0 Å². The van der Waals surface area contributed by atoms with Crippen molar-refractivity contribution in [3.63, 3.8) is 0 Å². The number of rotatable bonds is 3. The molecule has 4 nitrogen and oxygen atoms in total. The lowest BCUT2D eigenvalue weighted by molar-refractivity contribution is -0.163. The number of halogens is 1. The highest BCUT2D eigenvalue weighted by Gasteiger charge is 2.34. The summed E-state index contributed by atoms with van der Waals surface area (Å²) in [6, 6.07) is 5.92. The highest BCUT2D eigenvalue weighted by molar-refractivity contribution is 5.91. The molecule has 5 heteroatoms. The highest BCUT2D eigenvalue weighted by Crippen LogP contribution is 2.21. The Kier molecular flexibility index (Phi) is 4.75. The molecule has 1 N–H and O–H groups in total. The van der Waals surface area contributed by atoms with E-state index in [1.807, 2.05) is 13.8 Å². The zero-order chi connectivity index (χ0) is 15.5. The van der Waals surface area contributed by atoms with Crippen molar-refractivity contribution in [2.24, 2.45) is 0 Å². The first kappa shape index (κ1) is 15.7. The normalized spacial score (nSPS) is 21.7. The third-order valence-corrected chi connectivity index (χ3v) is 3.29. The Hall–Kier alpha value is -1.72. The van der Waals surface area contributed by atoms with Crippen LogP contribution in [0.25, 0.3) is 6.08 Å². The van der Waals surface area contributed by atoms with E-state index < -0.39 is 5.60 Å². The summed E-state index contributed by atoms with van der Waals surface area (Å²) in [6.45, 7) is 4.50. The lowest BCUT2D eigenvalue weighted by Gasteiger charge is -2.41. The van der Waals surface area contributed by atoms with Gasteiger partial charge in [0.15, 0.2) is 0 Å². The van der Waals surface area contributed by atoms with Gasteiger partial charge in [0.2, 0.25) is 5.91 Å². The summed E-state index contributed by atoms with van der Waals surface area (Å²) < 4.78 is 18.5. The third kappa shape index (κ3) is 4.37. The van der Waals surface area contributed by atoms with Crippen molar-refractivity contribution in [2.45, 2.75) is 25.6 Å². The molecule has 0 aliphatic carbocycles. The van der Waals surface area contributed by atoms with Crippen LogP contribution in [0.1, 0.15) is 19.4 Å². The van der Waals surface area contributed by atoms with E-state index in [0.29, 0.717) is 13.1 Å². The summed E-state index contributed by atoms with van der Waals surface area (Å²) in [4.78, 5) is 13.9. The van der Waals surface area contributed by atoms with Crippen molar-refractivity contribution in [3.8, 4) is 0 Å². The molecule has 1 fully saturated rings. The summed E-state index contributed by atoms with van der Waals surface area (Å²) >= 11 is 0. The first-order chi connectivity index (χ1) is 9.89. The van der Waals surface area contributed by atoms with Crippen LogP contribution in [0.15, 0.2) is 30.3 Å². The average molecular weight is 293 g/mol. The van der Waals surface area contributed by atoms with E-state index in [4.69, 9.17) is 4.74 Å². The van der Waals surface area contributed by atoms with Crippen molar-refractivity contribution in [2.75, 3.05) is 19.7 Å². The zero-order valence-corrected chi connectivity index (χ0v) is 12.3. The van der Waals surface area contributed by atoms with Crippen LogP contribution < -0.4 is 0 Å². The van der Waals surface area contributed by atoms with Crippen molar-refractivity contribution in [1.29, 1.82) is 0 Å². The molecule has 114 valence electrons. The molecule has 0 saturated carbocycles. The van der Waals surface area contributed by atoms with Gasteiger partial charge in [-0.15, -0.1) is 0 Å². The SMILES string of the molecule is CC1(C)CN(C(=O)/C=C/c2ccc(F)cc2)CC(CO)O1. The Morgan fingerprint density at radius 3 is 2.76 bits per heavy atom. The number of aliphatic hydroxyl groups excluding tert-OH is 1. The number of hydrogen-bond acceptors (Lipinski definition) is 3. The van der Waals surface area contributed by atoms with Crippen molar-refractivity contribution < 1.29 is 19.0 Å². The van der Waals surface area contributed by atoms with Gasteiger partial charge in [0, 0.05) is 19.2 Å². The van der Waals surface area contributed by atoms with Gasteiger partial charge in [-0.3, -0.25) is 4.79 Å². The fraction of sp³-hybridized carbons (Fsp3) is 0.438. The Balaban J connectivity index is 2.03. The lowest BCUT2D eigenvalue weighted by Crippen LogP contribution is -2.55. The number of carbonyl (C=O) groups is 1. The number of carbonyl (C=O) groups excluding carboxylic acids is 1. The Bertz CT molecular complexity index is 525. The molecule has 2 rings (SSSR count). The largest absolute Gasteiger partial charge is 0.394 e. The number of hydrogen-bond donors (Lipinski definition) is 1. The minimum atomic E-state index is -0.481. The van der Waals surface area contributed by atoms with Crippen molar-refractivity contribution in [3.05, 3.63) is 41.7 Å². The number of aliphatic hydroxyl groups is 1. The number of nitrogens with zero attached hydrogens (tertiary/aromatic N) is 1. The first-order valence-electron chi connectivity index (χ1n) is 6.91. The van der Waals surface area contributed by atoms with E-state index in [-0.39, 0.29) is 24.4 Å². The van der Waals surface area contributed by atoms with E-state index in [2.05, 4.69) is 0 Å². The van der Waals surface area contributed by atoms with Gasteiger partial charge in [0.05, 0.1) is 18.3 Å². The molecule has 1 aliphatic heterocycles. The second kappa shape index (κ2) is 6.37. The van der Waals surface area contributed by atoms with Gasteiger partial charge >= 0.3 is 0 Å². The summed E-state index contributed by atoms with van der Waals surface area (Å²) in [6.07, 6.45) is 2.75. The molecular weight excluding hydrogens is 273 g/mol. The molecule has 0 aromatic heterocycles. The van der Waals surface area contributed by atoms with Crippen LogP contribution in [0.5, 0.6) is 0 Å². The van der Waals surface area contributed by atoms with E-state index in [0.717, 1.165) is 5.56 Å². The van der Waals surface area contributed by atoms with Gasteiger partial charge < -0.3 is 14.7 Å². The second-order valence-corrected chi connectivity index (χ2v) is 5.79. The fourth-order valence-corrected chi connectivity index (χ4v) is 2.41. The minimum absolute atomic E-state index is 0.116. The van der Waals surface area contributed by atoms with Crippen LogP contribution in [-0.2, 0) is 9.53 Å². The summed E-state index contributed by atoms with van der Waals surface area (Å²) in [5, 5.41) is 9.24. The molecule has 0 bridgehead atoms. The topological polar surface area (TPSA) is 49.8 Å². The quantitative estimate of drug-likeness (QED) is 0.865. The molecule has 1 heterocycles. The predicted molar refractivity (Wildman–Crippen MR) is 78.1 cm³/mol. The van der Waals surface area contributed by atoms with Crippen LogP contribution in [0.2, 0.25) is 0 Å². The summed E-state index contributed by atoms with van der Waals surface area (Å²) in [7, 11) is 0. The van der Waals surface area contributed by atoms with Crippen molar-refractivity contribution >= 4 is 12.0 Å². The Morgan fingerprint density at radius 2 is 2.14 bits per heavy atom. The second-order valence-electron chi connectivity index (χ2n) is 5.79.